The van der Waals surface area contributed by atoms with Gasteiger partial charge in [0.25, 0.3) is 11.8 Å². The molecular formula is C26H25N3O4. The molecule has 0 aliphatic carbocycles. The summed E-state index contributed by atoms with van der Waals surface area (Å²) in [5.74, 6) is 0.703. The van der Waals surface area contributed by atoms with Crippen LogP contribution in [0.4, 0.5) is 5.69 Å². The zero-order valence-electron chi connectivity index (χ0n) is 18.6. The van der Waals surface area contributed by atoms with Gasteiger partial charge in [-0.1, -0.05) is 12.1 Å². The normalized spacial score (nSPS) is 13.5. The minimum Gasteiger partial charge on any atom is -0.494 e. The Bertz CT molecular complexity index is 1160. The molecular weight excluding hydrogens is 418 g/mol. The molecule has 0 spiro atoms. The predicted octanol–water partition coefficient (Wildman–Crippen LogP) is 4.27. The van der Waals surface area contributed by atoms with Crippen LogP contribution in [0.3, 0.4) is 0 Å². The van der Waals surface area contributed by atoms with Crippen molar-refractivity contribution in [1.29, 1.82) is 0 Å². The Morgan fingerprint density at radius 2 is 1.36 bits per heavy atom. The second kappa shape index (κ2) is 9.99. The second-order valence-electron chi connectivity index (χ2n) is 7.34. The van der Waals surface area contributed by atoms with Gasteiger partial charge in [0, 0.05) is 18.1 Å². The number of hydrogen-bond acceptors (Lipinski definition) is 6. The van der Waals surface area contributed by atoms with E-state index in [2.05, 4.69) is 10.3 Å². The first-order valence-corrected chi connectivity index (χ1v) is 10.8. The number of aromatic nitrogens is 1. The third kappa shape index (κ3) is 4.87. The number of amides is 2. The van der Waals surface area contributed by atoms with E-state index in [1.54, 1.807) is 48.8 Å². The van der Waals surface area contributed by atoms with Crippen molar-refractivity contribution in [3.8, 4) is 11.5 Å². The lowest BCUT2D eigenvalue weighted by Crippen LogP contribution is -2.32. The molecule has 0 radical (unpaired) electrons. The molecule has 3 aromatic rings. The Balaban J connectivity index is 1.68. The maximum Gasteiger partial charge on any atom is 0.278 e. The van der Waals surface area contributed by atoms with Crippen LogP contribution in [0.25, 0.3) is 5.57 Å². The fourth-order valence-electron chi connectivity index (χ4n) is 3.60. The highest BCUT2D eigenvalue weighted by molar-refractivity contribution is 6.36. The standard InChI is InChI=1S/C26H25N3O4/c1-3-32-21-9-5-19(6-10-21)23-24(28-20-7-11-22(12-8-20)33-4-2)26(31)29(25(23)30)17-18-13-15-27-16-14-18/h5-16,28H,3-4,17H2,1-2H3. The average molecular weight is 444 g/mol. The van der Waals surface area contributed by atoms with Gasteiger partial charge in [0.05, 0.1) is 25.3 Å². The summed E-state index contributed by atoms with van der Waals surface area (Å²) in [7, 11) is 0. The van der Waals surface area contributed by atoms with Crippen molar-refractivity contribution < 1.29 is 19.1 Å². The molecule has 1 N–H and O–H groups in total. The predicted molar refractivity (Wildman–Crippen MR) is 126 cm³/mol. The highest BCUT2D eigenvalue weighted by Crippen LogP contribution is 2.32. The fourth-order valence-corrected chi connectivity index (χ4v) is 3.60. The number of imide groups is 1. The molecule has 2 aromatic carbocycles. The zero-order valence-corrected chi connectivity index (χ0v) is 18.6. The molecule has 7 nitrogen and oxygen atoms in total. The van der Waals surface area contributed by atoms with E-state index < -0.39 is 0 Å². The van der Waals surface area contributed by atoms with Crippen LogP contribution >= 0.6 is 0 Å². The summed E-state index contributed by atoms with van der Waals surface area (Å²) in [6.45, 7) is 5.10. The number of carbonyl (C=O) groups is 2. The number of carbonyl (C=O) groups excluding carboxylic acids is 2. The highest BCUT2D eigenvalue weighted by Gasteiger charge is 2.39. The molecule has 1 aliphatic rings. The molecule has 0 unspecified atom stereocenters. The van der Waals surface area contributed by atoms with Crippen LogP contribution < -0.4 is 14.8 Å². The maximum absolute atomic E-state index is 13.4. The van der Waals surface area contributed by atoms with E-state index in [0.717, 1.165) is 11.3 Å². The van der Waals surface area contributed by atoms with Crippen LogP contribution in [-0.4, -0.2) is 34.9 Å². The Hall–Kier alpha value is -4.13. The second-order valence-corrected chi connectivity index (χ2v) is 7.34. The number of rotatable bonds is 9. The Morgan fingerprint density at radius 3 is 1.94 bits per heavy atom. The summed E-state index contributed by atoms with van der Waals surface area (Å²) < 4.78 is 11.0. The number of ether oxygens (including phenoxy) is 2. The number of nitrogens with one attached hydrogen (secondary N) is 1. The minimum absolute atomic E-state index is 0.162. The van der Waals surface area contributed by atoms with Crippen molar-refractivity contribution in [2.24, 2.45) is 0 Å². The van der Waals surface area contributed by atoms with Gasteiger partial charge in [-0.2, -0.15) is 0 Å². The van der Waals surface area contributed by atoms with E-state index in [4.69, 9.17) is 9.47 Å². The van der Waals surface area contributed by atoms with Crippen molar-refractivity contribution in [2.75, 3.05) is 18.5 Å². The van der Waals surface area contributed by atoms with E-state index in [0.29, 0.717) is 35.8 Å². The van der Waals surface area contributed by atoms with Crippen LogP contribution in [0.5, 0.6) is 11.5 Å². The molecule has 33 heavy (non-hydrogen) atoms. The van der Waals surface area contributed by atoms with Gasteiger partial charge < -0.3 is 14.8 Å². The molecule has 1 aromatic heterocycles. The molecule has 0 saturated heterocycles. The molecule has 4 rings (SSSR count). The minimum atomic E-state index is -0.380. The molecule has 0 bridgehead atoms. The monoisotopic (exact) mass is 443 g/mol. The van der Waals surface area contributed by atoms with Crippen molar-refractivity contribution in [3.05, 3.63) is 89.9 Å². The van der Waals surface area contributed by atoms with Gasteiger partial charge in [-0.3, -0.25) is 19.5 Å². The van der Waals surface area contributed by atoms with Gasteiger partial charge in [0.15, 0.2) is 0 Å². The van der Waals surface area contributed by atoms with Gasteiger partial charge in [-0.25, -0.2) is 0 Å². The first-order chi connectivity index (χ1) is 16.1. The summed E-state index contributed by atoms with van der Waals surface area (Å²) in [5.41, 5.74) is 2.71. The first kappa shape index (κ1) is 22.1. The maximum atomic E-state index is 13.4. The Labute approximate surface area is 192 Å². The van der Waals surface area contributed by atoms with Crippen molar-refractivity contribution in [3.63, 3.8) is 0 Å². The molecule has 2 amide bonds. The molecule has 7 heteroatoms. The van der Waals surface area contributed by atoms with Crippen molar-refractivity contribution in [2.45, 2.75) is 20.4 Å². The Kier molecular flexibility index (Phi) is 6.69. The van der Waals surface area contributed by atoms with Gasteiger partial charge in [0.2, 0.25) is 0 Å². The van der Waals surface area contributed by atoms with E-state index in [-0.39, 0.29) is 24.1 Å². The largest absolute Gasteiger partial charge is 0.494 e. The zero-order chi connectivity index (χ0) is 23.2. The van der Waals surface area contributed by atoms with Crippen LogP contribution in [0.1, 0.15) is 25.0 Å². The van der Waals surface area contributed by atoms with Gasteiger partial charge in [-0.05, 0) is 73.5 Å². The third-order valence-electron chi connectivity index (χ3n) is 5.15. The van der Waals surface area contributed by atoms with Gasteiger partial charge >= 0.3 is 0 Å². The molecule has 168 valence electrons. The van der Waals surface area contributed by atoms with Crippen LogP contribution in [0, 0.1) is 0 Å². The van der Waals surface area contributed by atoms with Crippen LogP contribution in [0.15, 0.2) is 78.8 Å². The average Bonchev–Trinajstić information content (AvgIpc) is 3.06. The van der Waals surface area contributed by atoms with Crippen LogP contribution in [0.2, 0.25) is 0 Å². The highest BCUT2D eigenvalue weighted by atomic mass is 16.5. The van der Waals surface area contributed by atoms with E-state index in [1.807, 2.05) is 38.1 Å². The summed E-state index contributed by atoms with van der Waals surface area (Å²) in [5, 5.41) is 3.16. The van der Waals surface area contributed by atoms with E-state index in [1.165, 1.54) is 4.90 Å². The summed E-state index contributed by atoms with van der Waals surface area (Å²) in [4.78, 5) is 32.0. The molecule has 0 fully saturated rings. The molecule has 1 aliphatic heterocycles. The van der Waals surface area contributed by atoms with Crippen molar-refractivity contribution in [1.82, 2.24) is 9.88 Å². The topological polar surface area (TPSA) is 80.8 Å². The van der Waals surface area contributed by atoms with Gasteiger partial charge in [0.1, 0.15) is 17.2 Å². The summed E-state index contributed by atoms with van der Waals surface area (Å²) in [6.07, 6.45) is 3.28. The molecule has 0 atom stereocenters. The number of hydrogen-bond donors (Lipinski definition) is 1. The third-order valence-corrected chi connectivity index (χ3v) is 5.15. The number of nitrogens with zero attached hydrogens (tertiary/aromatic N) is 2. The van der Waals surface area contributed by atoms with Gasteiger partial charge in [-0.15, -0.1) is 0 Å². The number of anilines is 1. The Morgan fingerprint density at radius 1 is 0.788 bits per heavy atom. The fraction of sp³-hybridized carbons (Fsp3) is 0.192. The summed E-state index contributed by atoms with van der Waals surface area (Å²) in [6, 6.07) is 18.0. The SMILES string of the molecule is CCOc1ccc(NC2=C(c3ccc(OCC)cc3)C(=O)N(Cc3ccncc3)C2=O)cc1. The molecule has 2 heterocycles. The lowest BCUT2D eigenvalue weighted by molar-refractivity contribution is -0.137. The molecule has 0 saturated carbocycles. The summed E-state index contributed by atoms with van der Waals surface area (Å²) >= 11 is 0. The van der Waals surface area contributed by atoms with E-state index >= 15 is 0 Å². The van der Waals surface area contributed by atoms with Crippen molar-refractivity contribution >= 4 is 23.1 Å². The van der Waals surface area contributed by atoms with Crippen LogP contribution in [-0.2, 0) is 16.1 Å². The lowest BCUT2D eigenvalue weighted by atomic mass is 10.0. The number of benzene rings is 2. The smallest absolute Gasteiger partial charge is 0.278 e. The first-order valence-electron chi connectivity index (χ1n) is 10.8. The van der Waals surface area contributed by atoms with E-state index in [9.17, 15) is 9.59 Å². The lowest BCUT2D eigenvalue weighted by Gasteiger charge is -2.15. The number of pyridine rings is 1. The quantitative estimate of drug-likeness (QED) is 0.498.